The molecule has 84 valence electrons. The molecule has 2 heterocycles. The molecule has 0 unspecified atom stereocenters. The summed E-state index contributed by atoms with van der Waals surface area (Å²) >= 11 is 0. The predicted octanol–water partition coefficient (Wildman–Crippen LogP) is 2.90. The Morgan fingerprint density at radius 1 is 1.38 bits per heavy atom. The van der Waals surface area contributed by atoms with Gasteiger partial charge in [-0.05, 0) is 38.7 Å². The van der Waals surface area contributed by atoms with E-state index in [2.05, 4.69) is 10.1 Å². The molecule has 1 fully saturated rings. The van der Waals surface area contributed by atoms with Crippen LogP contribution in [0, 0.1) is 19.8 Å². The molecule has 0 N–H and O–H groups in total. The van der Waals surface area contributed by atoms with Gasteiger partial charge in [-0.15, -0.1) is 0 Å². The van der Waals surface area contributed by atoms with Gasteiger partial charge in [0.15, 0.2) is 11.6 Å². The Balaban J connectivity index is 1.87. The summed E-state index contributed by atoms with van der Waals surface area (Å²) in [5.41, 5.74) is 1.04. The summed E-state index contributed by atoms with van der Waals surface area (Å²) in [5, 5.41) is 3.98. The van der Waals surface area contributed by atoms with Crippen LogP contribution in [0.1, 0.15) is 30.0 Å². The van der Waals surface area contributed by atoms with Gasteiger partial charge in [-0.1, -0.05) is 5.16 Å². The second-order valence-corrected chi connectivity index (χ2v) is 4.53. The SMILES string of the molecule is Cc1cc(C)c(-c2nc(CC3CC3)no2)o1. The van der Waals surface area contributed by atoms with Crippen molar-refractivity contribution in [3.8, 4) is 11.7 Å². The Morgan fingerprint density at radius 3 is 2.81 bits per heavy atom. The van der Waals surface area contributed by atoms with Gasteiger partial charge >= 0.3 is 0 Å². The highest BCUT2D eigenvalue weighted by Crippen LogP contribution is 2.32. The fourth-order valence-corrected chi connectivity index (χ4v) is 1.86. The molecule has 16 heavy (non-hydrogen) atoms. The zero-order valence-corrected chi connectivity index (χ0v) is 9.49. The van der Waals surface area contributed by atoms with E-state index < -0.39 is 0 Å². The molecule has 1 aliphatic rings. The third-order valence-electron chi connectivity index (χ3n) is 2.87. The predicted molar refractivity (Wildman–Crippen MR) is 57.9 cm³/mol. The van der Waals surface area contributed by atoms with Gasteiger partial charge in [0.25, 0.3) is 5.89 Å². The lowest BCUT2D eigenvalue weighted by Crippen LogP contribution is -1.89. The van der Waals surface area contributed by atoms with Crippen molar-refractivity contribution in [1.82, 2.24) is 10.1 Å². The summed E-state index contributed by atoms with van der Waals surface area (Å²) in [5.74, 6) is 3.64. The Bertz CT molecular complexity index is 509. The highest BCUT2D eigenvalue weighted by molar-refractivity contribution is 5.50. The van der Waals surface area contributed by atoms with Gasteiger partial charge in [0.1, 0.15) is 5.76 Å². The van der Waals surface area contributed by atoms with Gasteiger partial charge in [-0.25, -0.2) is 0 Å². The van der Waals surface area contributed by atoms with Crippen LogP contribution in [-0.4, -0.2) is 10.1 Å². The maximum absolute atomic E-state index is 5.54. The van der Waals surface area contributed by atoms with Crippen molar-refractivity contribution in [3.05, 3.63) is 23.2 Å². The molecule has 0 bridgehead atoms. The topological polar surface area (TPSA) is 52.1 Å². The fourth-order valence-electron chi connectivity index (χ4n) is 1.86. The van der Waals surface area contributed by atoms with E-state index in [0.717, 1.165) is 29.5 Å². The van der Waals surface area contributed by atoms with Crippen LogP contribution in [0.25, 0.3) is 11.7 Å². The minimum absolute atomic E-state index is 0.501. The first-order chi connectivity index (χ1) is 7.72. The molecule has 0 aliphatic heterocycles. The molecule has 3 rings (SSSR count). The average molecular weight is 218 g/mol. The zero-order chi connectivity index (χ0) is 11.1. The lowest BCUT2D eigenvalue weighted by atomic mass is 10.2. The first kappa shape index (κ1) is 9.63. The molecule has 0 amide bonds. The van der Waals surface area contributed by atoms with Gasteiger partial charge in [0.05, 0.1) is 0 Å². The van der Waals surface area contributed by atoms with Crippen molar-refractivity contribution in [1.29, 1.82) is 0 Å². The monoisotopic (exact) mass is 218 g/mol. The molecular weight excluding hydrogens is 204 g/mol. The lowest BCUT2D eigenvalue weighted by molar-refractivity contribution is 0.405. The second kappa shape index (κ2) is 3.47. The normalized spacial score (nSPS) is 15.6. The van der Waals surface area contributed by atoms with Gasteiger partial charge in [-0.2, -0.15) is 4.98 Å². The van der Waals surface area contributed by atoms with Crippen LogP contribution in [0.3, 0.4) is 0 Å². The first-order valence-electron chi connectivity index (χ1n) is 5.62. The summed E-state index contributed by atoms with van der Waals surface area (Å²) in [6, 6.07) is 1.97. The van der Waals surface area contributed by atoms with E-state index in [1.807, 2.05) is 19.9 Å². The van der Waals surface area contributed by atoms with Gasteiger partial charge < -0.3 is 8.94 Å². The number of hydrogen-bond acceptors (Lipinski definition) is 4. The molecule has 1 saturated carbocycles. The summed E-state index contributed by atoms with van der Waals surface area (Å²) in [4.78, 5) is 4.36. The minimum Gasteiger partial charge on any atom is -0.456 e. The number of rotatable bonds is 3. The molecule has 2 aromatic rings. The average Bonchev–Trinajstić information content (AvgIpc) is 2.80. The van der Waals surface area contributed by atoms with Crippen molar-refractivity contribution in [2.24, 2.45) is 5.92 Å². The smallest absolute Gasteiger partial charge is 0.293 e. The Morgan fingerprint density at radius 2 is 2.19 bits per heavy atom. The largest absolute Gasteiger partial charge is 0.456 e. The second-order valence-electron chi connectivity index (χ2n) is 4.53. The molecule has 0 aromatic carbocycles. The summed E-state index contributed by atoms with van der Waals surface area (Å²) in [7, 11) is 0. The van der Waals surface area contributed by atoms with E-state index in [-0.39, 0.29) is 0 Å². The molecule has 0 spiro atoms. The van der Waals surface area contributed by atoms with E-state index in [9.17, 15) is 0 Å². The highest BCUT2D eigenvalue weighted by Gasteiger charge is 2.25. The zero-order valence-electron chi connectivity index (χ0n) is 9.49. The van der Waals surface area contributed by atoms with E-state index in [1.54, 1.807) is 0 Å². The molecule has 1 aliphatic carbocycles. The number of nitrogens with zero attached hydrogens (tertiary/aromatic N) is 2. The molecule has 0 saturated heterocycles. The van der Waals surface area contributed by atoms with E-state index in [0.29, 0.717) is 11.7 Å². The van der Waals surface area contributed by atoms with Crippen LogP contribution in [-0.2, 0) is 6.42 Å². The van der Waals surface area contributed by atoms with E-state index in [4.69, 9.17) is 8.94 Å². The summed E-state index contributed by atoms with van der Waals surface area (Å²) in [6.45, 7) is 3.90. The Kier molecular flexibility index (Phi) is 2.09. The molecule has 0 atom stereocenters. The Hall–Kier alpha value is -1.58. The summed E-state index contributed by atoms with van der Waals surface area (Å²) in [6.07, 6.45) is 3.52. The van der Waals surface area contributed by atoms with Crippen molar-refractivity contribution in [2.45, 2.75) is 33.1 Å². The molecule has 4 nitrogen and oxygen atoms in total. The van der Waals surface area contributed by atoms with Gasteiger partial charge in [0.2, 0.25) is 0 Å². The Labute approximate surface area is 93.7 Å². The van der Waals surface area contributed by atoms with E-state index >= 15 is 0 Å². The number of furan rings is 1. The van der Waals surface area contributed by atoms with E-state index in [1.165, 1.54) is 12.8 Å². The fraction of sp³-hybridized carbons (Fsp3) is 0.500. The van der Waals surface area contributed by atoms with Crippen LogP contribution in [0.5, 0.6) is 0 Å². The molecule has 2 aromatic heterocycles. The summed E-state index contributed by atoms with van der Waals surface area (Å²) < 4.78 is 10.8. The third kappa shape index (κ3) is 1.75. The van der Waals surface area contributed by atoms with Crippen molar-refractivity contribution in [2.75, 3.05) is 0 Å². The molecule has 0 radical (unpaired) electrons. The molecule has 4 heteroatoms. The van der Waals surface area contributed by atoms with Crippen LogP contribution >= 0.6 is 0 Å². The number of aromatic nitrogens is 2. The van der Waals surface area contributed by atoms with Crippen LogP contribution in [0.4, 0.5) is 0 Å². The van der Waals surface area contributed by atoms with Crippen LogP contribution < -0.4 is 0 Å². The minimum atomic E-state index is 0.501. The lowest BCUT2D eigenvalue weighted by Gasteiger charge is -1.89. The van der Waals surface area contributed by atoms with Crippen LogP contribution in [0.2, 0.25) is 0 Å². The number of hydrogen-bond donors (Lipinski definition) is 0. The van der Waals surface area contributed by atoms with Crippen molar-refractivity contribution >= 4 is 0 Å². The highest BCUT2D eigenvalue weighted by atomic mass is 16.5. The van der Waals surface area contributed by atoms with Crippen LogP contribution in [0.15, 0.2) is 15.0 Å². The van der Waals surface area contributed by atoms with Gasteiger partial charge in [0, 0.05) is 12.0 Å². The first-order valence-corrected chi connectivity index (χ1v) is 5.62. The standard InChI is InChI=1S/C12H14N2O2/c1-7-5-8(2)15-11(7)12-13-10(14-16-12)6-9-3-4-9/h5,9H,3-4,6H2,1-2H3. The third-order valence-corrected chi connectivity index (χ3v) is 2.87. The van der Waals surface area contributed by atoms with Crippen molar-refractivity contribution in [3.63, 3.8) is 0 Å². The number of aryl methyl sites for hydroxylation is 2. The van der Waals surface area contributed by atoms with Gasteiger partial charge in [-0.3, -0.25) is 0 Å². The quantitative estimate of drug-likeness (QED) is 0.794. The molecular formula is C12H14N2O2. The van der Waals surface area contributed by atoms with Crippen molar-refractivity contribution < 1.29 is 8.94 Å². The maximum atomic E-state index is 5.54. The maximum Gasteiger partial charge on any atom is 0.293 e.